The topological polar surface area (TPSA) is 60.9 Å². The minimum atomic E-state index is -0.845. The van der Waals surface area contributed by atoms with Crippen molar-refractivity contribution < 1.29 is 8.78 Å². The average molecular weight is 265 g/mol. The number of rotatable bonds is 3. The summed E-state index contributed by atoms with van der Waals surface area (Å²) in [4.78, 5) is 11.6. The van der Waals surface area contributed by atoms with Gasteiger partial charge in [0, 0.05) is 11.6 Å². The zero-order valence-corrected chi connectivity index (χ0v) is 10.3. The lowest BCUT2D eigenvalue weighted by Gasteiger charge is -2.14. The van der Waals surface area contributed by atoms with Gasteiger partial charge in [-0.2, -0.15) is 5.10 Å². The summed E-state index contributed by atoms with van der Waals surface area (Å²) in [5.41, 5.74) is 6.14. The van der Waals surface area contributed by atoms with Gasteiger partial charge in [0.2, 0.25) is 0 Å². The Bertz CT molecular complexity index is 655. The van der Waals surface area contributed by atoms with Crippen molar-refractivity contribution in [1.82, 2.24) is 9.78 Å². The second-order valence-corrected chi connectivity index (χ2v) is 4.27. The van der Waals surface area contributed by atoms with Crippen LogP contribution in [0.5, 0.6) is 0 Å². The average Bonchev–Trinajstić information content (AvgIpc) is 2.36. The number of aryl methyl sites for hydroxylation is 1. The maximum absolute atomic E-state index is 13.5. The minimum absolute atomic E-state index is 0.0130. The van der Waals surface area contributed by atoms with E-state index in [0.717, 1.165) is 22.9 Å². The molecule has 6 heteroatoms. The molecule has 100 valence electrons. The fourth-order valence-electron chi connectivity index (χ4n) is 1.77. The minimum Gasteiger partial charge on any atom is -0.322 e. The zero-order valence-electron chi connectivity index (χ0n) is 10.3. The Balaban J connectivity index is 2.30. The summed E-state index contributed by atoms with van der Waals surface area (Å²) in [6.45, 7) is 1.71. The van der Waals surface area contributed by atoms with Gasteiger partial charge in [-0.05, 0) is 31.2 Å². The van der Waals surface area contributed by atoms with E-state index >= 15 is 0 Å². The van der Waals surface area contributed by atoms with Crippen LogP contribution in [0.1, 0.15) is 17.3 Å². The van der Waals surface area contributed by atoms with Gasteiger partial charge in [0.25, 0.3) is 5.56 Å². The van der Waals surface area contributed by atoms with E-state index in [1.165, 1.54) is 6.07 Å². The third kappa shape index (κ3) is 3.03. The Morgan fingerprint density at radius 3 is 2.79 bits per heavy atom. The molecule has 2 rings (SSSR count). The number of nitrogens with zero attached hydrogens (tertiary/aromatic N) is 2. The summed E-state index contributed by atoms with van der Waals surface area (Å²) in [7, 11) is 0. The van der Waals surface area contributed by atoms with Crippen LogP contribution in [0.2, 0.25) is 0 Å². The van der Waals surface area contributed by atoms with E-state index < -0.39 is 17.7 Å². The summed E-state index contributed by atoms with van der Waals surface area (Å²) in [6, 6.07) is 5.15. The molecule has 2 aromatic rings. The van der Waals surface area contributed by atoms with Crippen molar-refractivity contribution in [3.05, 3.63) is 63.6 Å². The molecule has 1 heterocycles. The van der Waals surface area contributed by atoms with Gasteiger partial charge in [-0.3, -0.25) is 4.79 Å². The third-order valence-corrected chi connectivity index (χ3v) is 2.73. The molecule has 0 fully saturated rings. The molecule has 0 bridgehead atoms. The van der Waals surface area contributed by atoms with Crippen LogP contribution in [0.25, 0.3) is 0 Å². The maximum Gasteiger partial charge on any atom is 0.266 e. The van der Waals surface area contributed by atoms with Crippen molar-refractivity contribution in [3.63, 3.8) is 0 Å². The van der Waals surface area contributed by atoms with Crippen LogP contribution in [0.4, 0.5) is 8.78 Å². The molecular formula is C13H13F2N3O. The van der Waals surface area contributed by atoms with E-state index in [9.17, 15) is 13.6 Å². The largest absolute Gasteiger partial charge is 0.322 e. The summed E-state index contributed by atoms with van der Waals surface area (Å²) in [6.07, 6.45) is 0. The highest BCUT2D eigenvalue weighted by Crippen LogP contribution is 2.17. The molecule has 1 atom stereocenters. The van der Waals surface area contributed by atoms with Gasteiger partial charge in [-0.25, -0.2) is 13.5 Å². The molecule has 1 aromatic heterocycles. The first kappa shape index (κ1) is 13.4. The molecule has 1 aromatic carbocycles. The molecule has 0 spiro atoms. The SMILES string of the molecule is Cc1ccc(=O)n(CC(N)c2cc(F)ccc2F)n1. The molecule has 0 radical (unpaired) electrons. The second-order valence-electron chi connectivity index (χ2n) is 4.27. The van der Waals surface area contributed by atoms with E-state index in [1.807, 2.05) is 0 Å². The van der Waals surface area contributed by atoms with Crippen LogP contribution in [0.3, 0.4) is 0 Å². The predicted molar refractivity (Wildman–Crippen MR) is 66.5 cm³/mol. The number of halogens is 2. The lowest BCUT2D eigenvalue weighted by molar-refractivity contribution is 0.476. The van der Waals surface area contributed by atoms with Gasteiger partial charge in [0.1, 0.15) is 11.6 Å². The van der Waals surface area contributed by atoms with E-state index in [0.29, 0.717) is 5.69 Å². The third-order valence-electron chi connectivity index (χ3n) is 2.73. The van der Waals surface area contributed by atoms with Crippen molar-refractivity contribution in [2.75, 3.05) is 0 Å². The van der Waals surface area contributed by atoms with Gasteiger partial charge in [-0.15, -0.1) is 0 Å². The van der Waals surface area contributed by atoms with Gasteiger partial charge in [0.05, 0.1) is 18.3 Å². The number of aromatic nitrogens is 2. The fraction of sp³-hybridized carbons (Fsp3) is 0.231. The van der Waals surface area contributed by atoms with Crippen LogP contribution in [-0.2, 0) is 6.54 Å². The summed E-state index contributed by atoms with van der Waals surface area (Å²) < 4.78 is 27.8. The lowest BCUT2D eigenvalue weighted by Crippen LogP contribution is -2.29. The first-order chi connectivity index (χ1) is 8.97. The van der Waals surface area contributed by atoms with E-state index in [4.69, 9.17) is 5.73 Å². The lowest BCUT2D eigenvalue weighted by atomic mass is 10.1. The normalized spacial score (nSPS) is 12.4. The molecule has 0 aliphatic heterocycles. The number of benzene rings is 1. The van der Waals surface area contributed by atoms with Crippen molar-refractivity contribution in [2.45, 2.75) is 19.5 Å². The Kier molecular flexibility index (Phi) is 3.71. The van der Waals surface area contributed by atoms with Gasteiger partial charge < -0.3 is 5.73 Å². The van der Waals surface area contributed by atoms with Crippen LogP contribution < -0.4 is 11.3 Å². The molecule has 19 heavy (non-hydrogen) atoms. The monoisotopic (exact) mass is 265 g/mol. The maximum atomic E-state index is 13.5. The van der Waals surface area contributed by atoms with Crippen molar-refractivity contribution in [3.8, 4) is 0 Å². The number of nitrogens with two attached hydrogens (primary N) is 1. The first-order valence-electron chi connectivity index (χ1n) is 5.72. The molecule has 0 saturated carbocycles. The molecule has 4 nitrogen and oxygen atoms in total. The highest BCUT2D eigenvalue weighted by molar-refractivity contribution is 5.21. The van der Waals surface area contributed by atoms with Crippen LogP contribution in [0, 0.1) is 18.6 Å². The molecule has 0 amide bonds. The Labute approximate surface area is 108 Å². The predicted octanol–water partition coefficient (Wildman–Crippen LogP) is 1.53. The highest BCUT2D eigenvalue weighted by Gasteiger charge is 2.14. The number of hydrogen-bond donors (Lipinski definition) is 1. The molecule has 0 saturated heterocycles. The quantitative estimate of drug-likeness (QED) is 0.915. The molecule has 1 unspecified atom stereocenters. The van der Waals surface area contributed by atoms with Crippen molar-refractivity contribution in [1.29, 1.82) is 0 Å². The van der Waals surface area contributed by atoms with Crippen LogP contribution in [-0.4, -0.2) is 9.78 Å². The Hall–Kier alpha value is -2.08. The second kappa shape index (κ2) is 5.27. The van der Waals surface area contributed by atoms with Gasteiger partial charge in [0.15, 0.2) is 0 Å². The van der Waals surface area contributed by atoms with Gasteiger partial charge in [-0.1, -0.05) is 0 Å². The van der Waals surface area contributed by atoms with Crippen LogP contribution >= 0.6 is 0 Å². The summed E-state index contributed by atoms with van der Waals surface area (Å²) in [5.74, 6) is -1.17. The summed E-state index contributed by atoms with van der Waals surface area (Å²) >= 11 is 0. The standard InChI is InChI=1S/C13H13F2N3O/c1-8-2-5-13(19)18(17-8)7-12(16)10-6-9(14)3-4-11(10)15/h2-6,12H,7,16H2,1H3. The zero-order chi connectivity index (χ0) is 14.0. The Morgan fingerprint density at radius 2 is 2.05 bits per heavy atom. The highest BCUT2D eigenvalue weighted by atomic mass is 19.1. The van der Waals surface area contributed by atoms with E-state index in [2.05, 4.69) is 5.10 Å². The van der Waals surface area contributed by atoms with Crippen molar-refractivity contribution >= 4 is 0 Å². The molecular weight excluding hydrogens is 252 g/mol. The molecule has 0 aliphatic rings. The fourth-order valence-corrected chi connectivity index (χ4v) is 1.77. The van der Waals surface area contributed by atoms with Crippen LogP contribution in [0.15, 0.2) is 35.1 Å². The van der Waals surface area contributed by atoms with E-state index in [1.54, 1.807) is 13.0 Å². The van der Waals surface area contributed by atoms with Crippen molar-refractivity contribution in [2.24, 2.45) is 5.73 Å². The van der Waals surface area contributed by atoms with Gasteiger partial charge >= 0.3 is 0 Å². The van der Waals surface area contributed by atoms with E-state index in [-0.39, 0.29) is 17.7 Å². The number of hydrogen-bond acceptors (Lipinski definition) is 3. The molecule has 2 N–H and O–H groups in total. The first-order valence-corrected chi connectivity index (χ1v) is 5.72. The Morgan fingerprint density at radius 1 is 1.32 bits per heavy atom. The smallest absolute Gasteiger partial charge is 0.266 e. The summed E-state index contributed by atoms with van der Waals surface area (Å²) in [5, 5.41) is 4.00. The molecule has 0 aliphatic carbocycles.